The zero-order valence-corrected chi connectivity index (χ0v) is 11.7. The summed E-state index contributed by atoms with van der Waals surface area (Å²) in [6.07, 6.45) is 10.1. The molecule has 0 aromatic carbocycles. The fourth-order valence-corrected chi connectivity index (χ4v) is 2.36. The third-order valence-corrected chi connectivity index (χ3v) is 3.64. The van der Waals surface area contributed by atoms with Crippen LogP contribution in [0.15, 0.2) is 60.5 Å². The second-order valence-corrected chi connectivity index (χ2v) is 5.10. The highest BCUT2D eigenvalue weighted by atomic mass is 15.3. The number of nitrogens with two attached hydrogens (primary N) is 1. The van der Waals surface area contributed by atoms with E-state index in [1.54, 1.807) is 0 Å². The molecule has 1 atom stereocenters. The van der Waals surface area contributed by atoms with Gasteiger partial charge in [0.05, 0.1) is 0 Å². The lowest BCUT2D eigenvalue weighted by molar-refractivity contribution is 0.196. The predicted octanol–water partition coefficient (Wildman–Crippen LogP) is 2.03. The van der Waals surface area contributed by atoms with E-state index in [1.807, 2.05) is 18.2 Å². The first-order valence-electron chi connectivity index (χ1n) is 6.75. The van der Waals surface area contributed by atoms with Crippen LogP contribution in [0.25, 0.3) is 0 Å². The lowest BCUT2D eigenvalue weighted by Crippen LogP contribution is -2.44. The summed E-state index contributed by atoms with van der Waals surface area (Å²) in [5.74, 6) is 0. The van der Waals surface area contributed by atoms with Crippen molar-refractivity contribution in [1.82, 2.24) is 9.80 Å². The van der Waals surface area contributed by atoms with E-state index < -0.39 is 0 Å². The summed E-state index contributed by atoms with van der Waals surface area (Å²) in [7, 11) is 0. The van der Waals surface area contributed by atoms with E-state index in [4.69, 9.17) is 5.73 Å². The van der Waals surface area contributed by atoms with Crippen LogP contribution in [0, 0.1) is 0 Å². The van der Waals surface area contributed by atoms with Crippen molar-refractivity contribution < 1.29 is 0 Å². The van der Waals surface area contributed by atoms with Gasteiger partial charge in [-0.2, -0.15) is 0 Å². The highest BCUT2D eigenvalue weighted by Gasteiger charge is 2.18. The van der Waals surface area contributed by atoms with Gasteiger partial charge in [0, 0.05) is 43.6 Å². The average molecular weight is 257 g/mol. The highest BCUT2D eigenvalue weighted by molar-refractivity contribution is 5.42. The molecule has 2 rings (SSSR count). The number of piperazine rings is 1. The number of rotatable bonds is 3. The Kier molecular flexibility index (Phi) is 4.27. The largest absolute Gasteiger partial charge is 0.372 e. The van der Waals surface area contributed by atoms with Gasteiger partial charge in [-0.15, -0.1) is 0 Å². The zero-order chi connectivity index (χ0) is 13.8. The predicted molar refractivity (Wildman–Crippen MR) is 81.4 cm³/mol. The van der Waals surface area contributed by atoms with Crippen molar-refractivity contribution in [3.63, 3.8) is 0 Å². The molecule has 3 heteroatoms. The Hall–Kier alpha value is -1.74. The second-order valence-electron chi connectivity index (χ2n) is 5.10. The van der Waals surface area contributed by atoms with Crippen LogP contribution >= 0.6 is 0 Å². The fourth-order valence-electron chi connectivity index (χ4n) is 2.36. The quantitative estimate of drug-likeness (QED) is 0.839. The minimum absolute atomic E-state index is 0.00168. The number of allylic oxidation sites excluding steroid dienone is 4. The van der Waals surface area contributed by atoms with Gasteiger partial charge in [-0.1, -0.05) is 43.5 Å². The molecule has 1 fully saturated rings. The SMILES string of the molecule is C=C(C)N1CCN(C(=C)C2=CC=CC(N)C=C2)CC1. The van der Waals surface area contributed by atoms with E-state index in [2.05, 4.69) is 42.0 Å². The Balaban J connectivity index is 1.98. The first-order chi connectivity index (χ1) is 9.08. The first-order valence-corrected chi connectivity index (χ1v) is 6.75. The standard InChI is InChI=1S/C16H23N3/c1-13(2)18-9-11-19(12-10-18)14(3)15-5-4-6-16(17)8-7-15/h4-8,16H,1,3,9-12,17H2,2H3. The van der Waals surface area contributed by atoms with Crippen LogP contribution in [-0.2, 0) is 0 Å². The number of hydrogen-bond acceptors (Lipinski definition) is 3. The maximum Gasteiger partial charge on any atom is 0.0416 e. The van der Waals surface area contributed by atoms with Gasteiger partial charge in [-0.3, -0.25) is 0 Å². The molecule has 0 bridgehead atoms. The maximum absolute atomic E-state index is 5.86. The molecular weight excluding hydrogens is 234 g/mol. The molecule has 102 valence electrons. The van der Waals surface area contributed by atoms with E-state index in [9.17, 15) is 0 Å². The van der Waals surface area contributed by atoms with E-state index >= 15 is 0 Å². The average Bonchev–Trinajstić information content (AvgIpc) is 2.63. The molecule has 0 amide bonds. The van der Waals surface area contributed by atoms with E-state index in [-0.39, 0.29) is 6.04 Å². The van der Waals surface area contributed by atoms with Gasteiger partial charge < -0.3 is 15.5 Å². The minimum atomic E-state index is 0.00168. The van der Waals surface area contributed by atoms with Crippen LogP contribution in [0.3, 0.4) is 0 Å². The zero-order valence-electron chi connectivity index (χ0n) is 11.7. The lowest BCUT2D eigenvalue weighted by atomic mass is 10.1. The minimum Gasteiger partial charge on any atom is -0.372 e. The monoisotopic (exact) mass is 257 g/mol. The summed E-state index contributed by atoms with van der Waals surface area (Å²) in [4.78, 5) is 4.65. The van der Waals surface area contributed by atoms with Crippen molar-refractivity contribution >= 4 is 0 Å². The summed E-state index contributed by atoms with van der Waals surface area (Å²) >= 11 is 0. The second kappa shape index (κ2) is 5.93. The smallest absolute Gasteiger partial charge is 0.0416 e. The molecule has 19 heavy (non-hydrogen) atoms. The molecule has 0 aromatic rings. The van der Waals surface area contributed by atoms with Gasteiger partial charge in [0.2, 0.25) is 0 Å². The molecule has 0 aromatic heterocycles. The highest BCUT2D eigenvalue weighted by Crippen LogP contribution is 2.19. The van der Waals surface area contributed by atoms with Crippen LogP contribution in [0.1, 0.15) is 6.92 Å². The van der Waals surface area contributed by atoms with E-state index in [1.165, 1.54) is 0 Å². The molecule has 0 saturated carbocycles. The Morgan fingerprint density at radius 3 is 2.42 bits per heavy atom. The molecule has 1 aliphatic heterocycles. The molecular formula is C16H23N3. The number of nitrogens with zero attached hydrogens (tertiary/aromatic N) is 2. The molecule has 1 saturated heterocycles. The summed E-state index contributed by atoms with van der Waals surface area (Å²) in [5, 5.41) is 0. The molecule has 1 unspecified atom stereocenters. The van der Waals surface area contributed by atoms with Gasteiger partial charge in [0.1, 0.15) is 0 Å². The van der Waals surface area contributed by atoms with Crippen LogP contribution in [0.5, 0.6) is 0 Å². The van der Waals surface area contributed by atoms with E-state index in [0.29, 0.717) is 0 Å². The van der Waals surface area contributed by atoms with Crippen molar-refractivity contribution in [2.75, 3.05) is 26.2 Å². The third kappa shape index (κ3) is 3.38. The van der Waals surface area contributed by atoms with Crippen molar-refractivity contribution in [2.45, 2.75) is 13.0 Å². The summed E-state index contributed by atoms with van der Waals surface area (Å²) in [6, 6.07) is 0.00168. The van der Waals surface area contributed by atoms with Crippen LogP contribution in [-0.4, -0.2) is 42.0 Å². The fraction of sp³-hybridized carbons (Fsp3) is 0.375. The maximum atomic E-state index is 5.86. The Bertz CT molecular complexity index is 449. The molecule has 2 N–H and O–H groups in total. The Morgan fingerprint density at radius 2 is 1.79 bits per heavy atom. The van der Waals surface area contributed by atoms with E-state index in [0.717, 1.165) is 43.1 Å². The van der Waals surface area contributed by atoms with Crippen LogP contribution in [0.2, 0.25) is 0 Å². The molecule has 3 nitrogen and oxygen atoms in total. The first kappa shape index (κ1) is 13.7. The topological polar surface area (TPSA) is 32.5 Å². The molecule has 1 heterocycles. The van der Waals surface area contributed by atoms with Gasteiger partial charge in [0.25, 0.3) is 0 Å². The normalized spacial score (nSPS) is 23.1. The van der Waals surface area contributed by atoms with Crippen LogP contribution < -0.4 is 5.73 Å². The molecule has 0 spiro atoms. The van der Waals surface area contributed by atoms with Crippen LogP contribution in [0.4, 0.5) is 0 Å². The van der Waals surface area contributed by atoms with Gasteiger partial charge in [-0.05, 0) is 12.5 Å². The third-order valence-electron chi connectivity index (χ3n) is 3.64. The van der Waals surface area contributed by atoms with Gasteiger partial charge in [-0.25, -0.2) is 0 Å². The van der Waals surface area contributed by atoms with Crippen molar-refractivity contribution in [1.29, 1.82) is 0 Å². The summed E-state index contributed by atoms with van der Waals surface area (Å²) in [5.41, 5.74) is 9.23. The van der Waals surface area contributed by atoms with Crippen molar-refractivity contribution in [3.8, 4) is 0 Å². The number of hydrogen-bond donors (Lipinski definition) is 1. The summed E-state index contributed by atoms with van der Waals surface area (Å²) < 4.78 is 0. The van der Waals surface area contributed by atoms with Gasteiger partial charge >= 0.3 is 0 Å². The summed E-state index contributed by atoms with van der Waals surface area (Å²) in [6.45, 7) is 14.3. The van der Waals surface area contributed by atoms with Gasteiger partial charge in [0.15, 0.2) is 0 Å². The lowest BCUT2D eigenvalue weighted by Gasteiger charge is -2.38. The van der Waals surface area contributed by atoms with Crippen molar-refractivity contribution in [2.24, 2.45) is 5.73 Å². The molecule has 0 radical (unpaired) electrons. The molecule has 2 aliphatic rings. The Morgan fingerprint density at radius 1 is 1.16 bits per heavy atom. The van der Waals surface area contributed by atoms with Crippen molar-refractivity contribution in [3.05, 3.63) is 60.5 Å². The molecule has 1 aliphatic carbocycles. The Labute approximate surface area is 116 Å².